The molecule has 3 aromatic heterocycles. The highest BCUT2D eigenvalue weighted by Crippen LogP contribution is 2.24. The lowest BCUT2D eigenvalue weighted by atomic mass is 10.1. The zero-order valence-corrected chi connectivity index (χ0v) is 19.5. The number of aromatic nitrogens is 4. The molecule has 0 spiro atoms. The van der Waals surface area contributed by atoms with E-state index in [0.29, 0.717) is 17.8 Å². The van der Waals surface area contributed by atoms with Crippen LogP contribution >= 0.6 is 11.6 Å². The van der Waals surface area contributed by atoms with Gasteiger partial charge in [-0.3, -0.25) is 14.5 Å². The minimum Gasteiger partial charge on any atom is -0.368 e. The van der Waals surface area contributed by atoms with Gasteiger partial charge in [0.05, 0.1) is 28.1 Å². The summed E-state index contributed by atoms with van der Waals surface area (Å²) in [6.07, 6.45) is 1.34. The third kappa shape index (κ3) is 3.88. The summed E-state index contributed by atoms with van der Waals surface area (Å²) in [4.78, 5) is 35.8. The number of aryl methyl sites for hydroxylation is 1. The first kappa shape index (κ1) is 22.3. The molecular formula is C23H23ClFN7O2. The molecule has 1 fully saturated rings. The third-order valence-electron chi connectivity index (χ3n) is 6.16. The van der Waals surface area contributed by atoms with E-state index in [1.807, 2.05) is 13.0 Å². The van der Waals surface area contributed by atoms with Crippen molar-refractivity contribution in [3.63, 3.8) is 0 Å². The van der Waals surface area contributed by atoms with Gasteiger partial charge in [0.25, 0.3) is 11.5 Å². The number of aromatic amines is 1. The molecule has 9 nitrogen and oxygen atoms in total. The van der Waals surface area contributed by atoms with Crippen LogP contribution in [0.4, 0.5) is 10.1 Å². The Balaban J connectivity index is 1.32. The van der Waals surface area contributed by atoms with Crippen LogP contribution in [-0.4, -0.2) is 63.6 Å². The van der Waals surface area contributed by atoms with E-state index in [-0.39, 0.29) is 22.0 Å². The van der Waals surface area contributed by atoms with Gasteiger partial charge in [0.15, 0.2) is 11.3 Å². The quantitative estimate of drug-likeness (QED) is 0.462. The number of hydrogen-bond donors (Lipinski definition) is 2. The van der Waals surface area contributed by atoms with E-state index in [1.165, 1.54) is 16.8 Å². The molecule has 34 heavy (non-hydrogen) atoms. The number of halogens is 2. The average molecular weight is 484 g/mol. The van der Waals surface area contributed by atoms with Crippen molar-refractivity contribution in [1.82, 2.24) is 29.8 Å². The number of benzene rings is 1. The van der Waals surface area contributed by atoms with Crippen LogP contribution in [0.1, 0.15) is 21.7 Å². The molecule has 0 bridgehead atoms. The van der Waals surface area contributed by atoms with E-state index in [0.717, 1.165) is 43.1 Å². The van der Waals surface area contributed by atoms with E-state index in [4.69, 9.17) is 11.6 Å². The molecule has 0 atom stereocenters. The molecule has 1 aliphatic heterocycles. The molecule has 0 saturated carbocycles. The fourth-order valence-electron chi connectivity index (χ4n) is 4.49. The SMILES string of the molecule is CNC(=O)c1ccc(N2CCN(Cc3cc(F)c4c(c3)[nH]c(=O)c3c(Cl)cnn34)CC2)c(C)n1. The molecule has 0 aliphatic carbocycles. The second-order valence-electron chi connectivity index (χ2n) is 8.32. The van der Waals surface area contributed by atoms with Crippen LogP contribution in [-0.2, 0) is 6.54 Å². The molecular weight excluding hydrogens is 461 g/mol. The van der Waals surface area contributed by atoms with Crippen LogP contribution in [0.3, 0.4) is 0 Å². The zero-order valence-electron chi connectivity index (χ0n) is 18.7. The monoisotopic (exact) mass is 483 g/mol. The number of fused-ring (bicyclic) bond motifs is 3. The second kappa shape index (κ2) is 8.69. The smallest absolute Gasteiger partial charge is 0.276 e. The van der Waals surface area contributed by atoms with Crippen molar-refractivity contribution in [3.05, 3.63) is 68.6 Å². The molecule has 1 amide bonds. The van der Waals surface area contributed by atoms with E-state index in [1.54, 1.807) is 19.2 Å². The molecule has 0 unspecified atom stereocenters. The topological polar surface area (TPSA) is 98.6 Å². The number of nitrogens with zero attached hydrogens (tertiary/aromatic N) is 5. The van der Waals surface area contributed by atoms with Gasteiger partial charge in [0, 0.05) is 39.8 Å². The number of rotatable bonds is 4. The van der Waals surface area contributed by atoms with Gasteiger partial charge in [-0.05, 0) is 36.8 Å². The summed E-state index contributed by atoms with van der Waals surface area (Å²) in [7, 11) is 1.58. The number of amides is 1. The van der Waals surface area contributed by atoms with Crippen molar-refractivity contribution in [2.45, 2.75) is 13.5 Å². The molecule has 176 valence electrons. The Morgan fingerprint density at radius 1 is 1.21 bits per heavy atom. The first-order valence-electron chi connectivity index (χ1n) is 10.9. The van der Waals surface area contributed by atoms with Crippen LogP contribution in [0.15, 0.2) is 35.3 Å². The maximum Gasteiger partial charge on any atom is 0.276 e. The number of carbonyl (C=O) groups is 1. The number of anilines is 1. The highest BCUT2D eigenvalue weighted by molar-refractivity contribution is 6.33. The number of nitrogens with one attached hydrogen (secondary N) is 2. The summed E-state index contributed by atoms with van der Waals surface area (Å²) in [5, 5.41) is 6.82. The van der Waals surface area contributed by atoms with Crippen molar-refractivity contribution in [1.29, 1.82) is 0 Å². The normalized spacial score (nSPS) is 14.8. The fourth-order valence-corrected chi connectivity index (χ4v) is 4.70. The summed E-state index contributed by atoms with van der Waals surface area (Å²) >= 11 is 6.03. The van der Waals surface area contributed by atoms with E-state index in [9.17, 15) is 9.59 Å². The van der Waals surface area contributed by atoms with Gasteiger partial charge in [0.1, 0.15) is 11.2 Å². The lowest BCUT2D eigenvalue weighted by Gasteiger charge is -2.36. The van der Waals surface area contributed by atoms with Crippen molar-refractivity contribution in [2.75, 3.05) is 38.1 Å². The van der Waals surface area contributed by atoms with Gasteiger partial charge in [-0.15, -0.1) is 0 Å². The minimum absolute atomic E-state index is 0.130. The molecule has 5 rings (SSSR count). The average Bonchev–Trinajstić information content (AvgIpc) is 3.20. The molecule has 2 N–H and O–H groups in total. The first-order valence-corrected chi connectivity index (χ1v) is 11.3. The van der Waals surface area contributed by atoms with E-state index >= 15 is 4.39 Å². The maximum absolute atomic E-state index is 15.0. The lowest BCUT2D eigenvalue weighted by Crippen LogP contribution is -2.46. The van der Waals surface area contributed by atoms with Crippen molar-refractivity contribution >= 4 is 39.7 Å². The lowest BCUT2D eigenvalue weighted by molar-refractivity contribution is 0.0958. The Labute approximate surface area is 199 Å². The highest BCUT2D eigenvalue weighted by atomic mass is 35.5. The standard InChI is InChI=1S/C23H23ClFN7O2/c1-13-19(4-3-17(28-13)22(33)26-2)31-7-5-30(6-8-31)12-14-9-16(25)21-18(10-14)29-23(34)20-15(24)11-27-32(20)21/h3-4,9-11H,5-8,12H2,1-2H3,(H,26,33)(H,29,34). The number of pyridine rings is 1. The van der Waals surface area contributed by atoms with E-state index in [2.05, 4.69) is 30.2 Å². The number of piperazine rings is 1. The third-order valence-corrected chi connectivity index (χ3v) is 6.44. The Bertz CT molecular complexity index is 1470. The minimum atomic E-state index is -0.468. The maximum atomic E-state index is 15.0. The number of H-pyrrole nitrogens is 1. The number of hydrogen-bond acceptors (Lipinski definition) is 6. The van der Waals surface area contributed by atoms with Crippen molar-refractivity contribution < 1.29 is 9.18 Å². The number of carbonyl (C=O) groups excluding carboxylic acids is 1. The van der Waals surface area contributed by atoms with Crippen LogP contribution in [0, 0.1) is 12.7 Å². The summed E-state index contributed by atoms with van der Waals surface area (Å²) in [5.74, 6) is -0.676. The summed E-state index contributed by atoms with van der Waals surface area (Å²) < 4.78 is 16.3. The van der Waals surface area contributed by atoms with Crippen LogP contribution in [0.25, 0.3) is 16.6 Å². The molecule has 4 heterocycles. The molecule has 0 radical (unpaired) electrons. The van der Waals surface area contributed by atoms with Gasteiger partial charge < -0.3 is 15.2 Å². The largest absolute Gasteiger partial charge is 0.368 e. The summed E-state index contributed by atoms with van der Waals surface area (Å²) in [6, 6.07) is 6.93. The Morgan fingerprint density at radius 3 is 2.68 bits per heavy atom. The van der Waals surface area contributed by atoms with Crippen molar-refractivity contribution in [2.24, 2.45) is 0 Å². The Hall–Kier alpha value is -3.50. The van der Waals surface area contributed by atoms with Crippen LogP contribution in [0.2, 0.25) is 5.02 Å². The Morgan fingerprint density at radius 2 is 1.97 bits per heavy atom. The van der Waals surface area contributed by atoms with E-state index < -0.39 is 11.4 Å². The van der Waals surface area contributed by atoms with Crippen molar-refractivity contribution in [3.8, 4) is 0 Å². The first-order chi connectivity index (χ1) is 16.4. The fraction of sp³-hybridized carbons (Fsp3) is 0.304. The molecule has 1 aromatic carbocycles. The van der Waals surface area contributed by atoms with Gasteiger partial charge in [-0.1, -0.05) is 11.6 Å². The highest BCUT2D eigenvalue weighted by Gasteiger charge is 2.21. The predicted molar refractivity (Wildman–Crippen MR) is 128 cm³/mol. The zero-order chi connectivity index (χ0) is 24.0. The van der Waals surface area contributed by atoms with Gasteiger partial charge in [0.2, 0.25) is 0 Å². The Kier molecular flexibility index (Phi) is 5.70. The molecule has 1 saturated heterocycles. The molecule has 1 aliphatic rings. The van der Waals surface area contributed by atoms with Crippen LogP contribution < -0.4 is 15.8 Å². The predicted octanol–water partition coefficient (Wildman–Crippen LogP) is 2.35. The van der Waals surface area contributed by atoms with Gasteiger partial charge >= 0.3 is 0 Å². The molecule has 4 aromatic rings. The summed E-state index contributed by atoms with van der Waals surface area (Å²) in [5.41, 5.74) is 3.26. The summed E-state index contributed by atoms with van der Waals surface area (Å²) in [6.45, 7) is 5.56. The molecule has 11 heteroatoms. The van der Waals surface area contributed by atoms with Crippen LogP contribution in [0.5, 0.6) is 0 Å². The van der Waals surface area contributed by atoms with Gasteiger partial charge in [-0.25, -0.2) is 13.9 Å². The second-order valence-corrected chi connectivity index (χ2v) is 8.73. The van der Waals surface area contributed by atoms with Gasteiger partial charge in [-0.2, -0.15) is 5.10 Å².